The average molecular weight is 463 g/mol. The van der Waals surface area contributed by atoms with E-state index in [1.54, 1.807) is 17.2 Å². The van der Waals surface area contributed by atoms with E-state index in [1.807, 2.05) is 17.2 Å². The molecular formula is C22H24F3N5O3. The number of alkyl halides is 3. The van der Waals surface area contributed by atoms with Gasteiger partial charge in [-0.3, -0.25) is 14.7 Å². The van der Waals surface area contributed by atoms with E-state index in [4.69, 9.17) is 4.74 Å². The quantitative estimate of drug-likeness (QED) is 0.525. The SMILES string of the molecule is O=C(CCOCCc1cccc2c(=O)[nH]ncc12)N1CCC(c2cc(C(F)(F)F)[nH]n2)CC1. The van der Waals surface area contributed by atoms with Crippen molar-refractivity contribution in [2.24, 2.45) is 0 Å². The van der Waals surface area contributed by atoms with E-state index in [-0.39, 0.29) is 30.4 Å². The summed E-state index contributed by atoms with van der Waals surface area (Å²) in [7, 11) is 0. The number of H-pyrrole nitrogens is 2. The molecule has 0 unspecified atom stereocenters. The minimum Gasteiger partial charge on any atom is -0.381 e. The first-order valence-corrected chi connectivity index (χ1v) is 10.8. The Labute approximate surface area is 187 Å². The Morgan fingerprint density at radius 1 is 1.15 bits per heavy atom. The lowest BCUT2D eigenvalue weighted by molar-refractivity contribution is -0.141. The number of hydrogen-bond donors (Lipinski definition) is 2. The van der Waals surface area contributed by atoms with Crippen molar-refractivity contribution >= 4 is 16.7 Å². The molecule has 33 heavy (non-hydrogen) atoms. The van der Waals surface area contributed by atoms with Gasteiger partial charge in [0.05, 0.1) is 36.9 Å². The second kappa shape index (κ2) is 9.74. The number of carbonyl (C=O) groups excluding carboxylic acids is 1. The summed E-state index contributed by atoms with van der Waals surface area (Å²) in [5.41, 5.74) is 0.257. The Balaban J connectivity index is 1.19. The lowest BCUT2D eigenvalue weighted by Gasteiger charge is -2.31. The molecule has 11 heteroatoms. The molecular weight excluding hydrogens is 439 g/mol. The lowest BCUT2D eigenvalue weighted by atomic mass is 9.93. The number of nitrogens with zero attached hydrogens (tertiary/aromatic N) is 3. The molecule has 0 atom stereocenters. The van der Waals surface area contributed by atoms with Gasteiger partial charge in [0.25, 0.3) is 5.56 Å². The number of likely N-dealkylation sites (tertiary alicyclic amines) is 1. The van der Waals surface area contributed by atoms with Crippen LogP contribution in [-0.4, -0.2) is 57.5 Å². The number of fused-ring (bicyclic) bond motifs is 1. The van der Waals surface area contributed by atoms with Gasteiger partial charge in [0.15, 0.2) is 0 Å². The highest BCUT2D eigenvalue weighted by molar-refractivity contribution is 5.83. The molecule has 3 aromatic rings. The number of nitrogens with one attached hydrogen (secondary N) is 2. The van der Waals surface area contributed by atoms with Crippen molar-refractivity contribution in [2.45, 2.75) is 37.8 Å². The van der Waals surface area contributed by atoms with E-state index in [9.17, 15) is 22.8 Å². The molecule has 2 N–H and O–H groups in total. The molecule has 1 amide bonds. The number of aromatic amines is 2. The molecule has 1 aromatic carbocycles. The summed E-state index contributed by atoms with van der Waals surface area (Å²) in [6.07, 6.45) is -0.851. The van der Waals surface area contributed by atoms with E-state index in [0.29, 0.717) is 50.0 Å². The number of hydrogen-bond acceptors (Lipinski definition) is 5. The van der Waals surface area contributed by atoms with E-state index < -0.39 is 11.9 Å². The Hall–Kier alpha value is -3.21. The number of amides is 1. The normalized spacial score (nSPS) is 15.3. The monoisotopic (exact) mass is 463 g/mol. The van der Waals surface area contributed by atoms with Gasteiger partial charge in [0, 0.05) is 24.4 Å². The van der Waals surface area contributed by atoms with Crippen LogP contribution in [0.5, 0.6) is 0 Å². The maximum atomic E-state index is 12.7. The van der Waals surface area contributed by atoms with Crippen LogP contribution in [-0.2, 0) is 22.1 Å². The van der Waals surface area contributed by atoms with Crippen LogP contribution in [0.15, 0.2) is 35.3 Å². The van der Waals surface area contributed by atoms with Gasteiger partial charge in [0.2, 0.25) is 5.91 Å². The summed E-state index contributed by atoms with van der Waals surface area (Å²) in [5.74, 6) is -0.132. The van der Waals surface area contributed by atoms with Gasteiger partial charge in [-0.1, -0.05) is 12.1 Å². The third kappa shape index (κ3) is 5.41. The Kier molecular flexibility index (Phi) is 6.77. The highest BCUT2D eigenvalue weighted by Gasteiger charge is 2.34. The van der Waals surface area contributed by atoms with Gasteiger partial charge in [-0.2, -0.15) is 23.4 Å². The maximum absolute atomic E-state index is 12.7. The Bertz CT molecular complexity index is 1170. The zero-order valence-corrected chi connectivity index (χ0v) is 17.8. The summed E-state index contributed by atoms with van der Waals surface area (Å²) in [4.78, 5) is 26.0. The topological polar surface area (TPSA) is 104 Å². The third-order valence-corrected chi connectivity index (χ3v) is 5.95. The summed E-state index contributed by atoms with van der Waals surface area (Å²) < 4.78 is 43.8. The summed E-state index contributed by atoms with van der Waals surface area (Å²) in [6.45, 7) is 1.64. The average Bonchev–Trinajstić information content (AvgIpc) is 3.30. The number of carbonyl (C=O) groups is 1. The predicted molar refractivity (Wildman–Crippen MR) is 114 cm³/mol. The van der Waals surface area contributed by atoms with Gasteiger partial charge >= 0.3 is 6.18 Å². The molecule has 0 bridgehead atoms. The minimum absolute atomic E-state index is 0.0349. The first-order valence-electron chi connectivity index (χ1n) is 10.8. The van der Waals surface area contributed by atoms with Crippen LogP contribution >= 0.6 is 0 Å². The van der Waals surface area contributed by atoms with Crippen LogP contribution in [0, 0.1) is 0 Å². The number of aromatic nitrogens is 4. The van der Waals surface area contributed by atoms with E-state index in [0.717, 1.165) is 17.0 Å². The van der Waals surface area contributed by atoms with Crippen molar-refractivity contribution in [2.75, 3.05) is 26.3 Å². The summed E-state index contributed by atoms with van der Waals surface area (Å²) >= 11 is 0. The van der Waals surface area contributed by atoms with Crippen molar-refractivity contribution in [1.82, 2.24) is 25.3 Å². The second-order valence-corrected chi connectivity index (χ2v) is 8.05. The first kappa shape index (κ1) is 23.0. The second-order valence-electron chi connectivity index (χ2n) is 8.05. The zero-order valence-electron chi connectivity index (χ0n) is 17.8. The molecule has 1 fully saturated rings. The molecule has 1 aliphatic heterocycles. The predicted octanol–water partition coefficient (Wildman–Crippen LogP) is 3.02. The molecule has 0 aliphatic carbocycles. The molecule has 0 radical (unpaired) electrons. The van der Waals surface area contributed by atoms with Crippen LogP contribution in [0.25, 0.3) is 10.8 Å². The molecule has 3 heterocycles. The number of ether oxygens (including phenoxy) is 1. The van der Waals surface area contributed by atoms with Crippen LogP contribution in [0.4, 0.5) is 13.2 Å². The molecule has 1 aliphatic rings. The Morgan fingerprint density at radius 3 is 2.67 bits per heavy atom. The Morgan fingerprint density at radius 2 is 1.94 bits per heavy atom. The van der Waals surface area contributed by atoms with Gasteiger partial charge in [-0.25, -0.2) is 5.10 Å². The van der Waals surface area contributed by atoms with E-state index >= 15 is 0 Å². The maximum Gasteiger partial charge on any atom is 0.432 e. The molecule has 8 nitrogen and oxygen atoms in total. The zero-order chi connectivity index (χ0) is 23.4. The van der Waals surface area contributed by atoms with Crippen molar-refractivity contribution in [1.29, 1.82) is 0 Å². The fraction of sp³-hybridized carbons (Fsp3) is 0.455. The largest absolute Gasteiger partial charge is 0.432 e. The molecule has 1 saturated heterocycles. The van der Waals surface area contributed by atoms with Gasteiger partial charge < -0.3 is 9.64 Å². The number of rotatable bonds is 7. The lowest BCUT2D eigenvalue weighted by Crippen LogP contribution is -2.38. The fourth-order valence-corrected chi connectivity index (χ4v) is 4.12. The van der Waals surface area contributed by atoms with Crippen molar-refractivity contribution in [3.05, 3.63) is 57.8 Å². The standard InChI is InChI=1S/C22H24F3N5O3/c23-22(24,25)19-12-18(27-28-19)15-4-8-30(9-5-15)20(31)7-11-33-10-6-14-2-1-3-16-17(14)13-26-29-21(16)32/h1-3,12-13,15H,4-11H2,(H,27,28)(H,29,32). The molecule has 4 rings (SSSR count). The number of halogens is 3. The minimum atomic E-state index is -4.44. The van der Waals surface area contributed by atoms with Gasteiger partial charge in [0.1, 0.15) is 5.69 Å². The van der Waals surface area contributed by atoms with Crippen LogP contribution in [0.3, 0.4) is 0 Å². The summed E-state index contributed by atoms with van der Waals surface area (Å²) in [5, 5.41) is 13.5. The molecule has 2 aromatic heterocycles. The smallest absolute Gasteiger partial charge is 0.381 e. The van der Waals surface area contributed by atoms with Crippen LogP contribution < -0.4 is 5.56 Å². The third-order valence-electron chi connectivity index (χ3n) is 5.95. The van der Waals surface area contributed by atoms with Crippen molar-refractivity contribution < 1.29 is 22.7 Å². The van der Waals surface area contributed by atoms with E-state index in [2.05, 4.69) is 15.3 Å². The van der Waals surface area contributed by atoms with Crippen molar-refractivity contribution in [3.8, 4) is 0 Å². The first-order chi connectivity index (χ1) is 15.8. The number of benzene rings is 1. The fourth-order valence-electron chi connectivity index (χ4n) is 4.12. The molecule has 0 saturated carbocycles. The van der Waals surface area contributed by atoms with Gasteiger partial charge in [-0.15, -0.1) is 0 Å². The highest BCUT2D eigenvalue weighted by atomic mass is 19.4. The van der Waals surface area contributed by atoms with Crippen LogP contribution in [0.2, 0.25) is 0 Å². The molecule has 0 spiro atoms. The highest BCUT2D eigenvalue weighted by Crippen LogP contribution is 2.32. The van der Waals surface area contributed by atoms with Crippen molar-refractivity contribution in [3.63, 3.8) is 0 Å². The molecule has 176 valence electrons. The number of piperidine rings is 1. The summed E-state index contributed by atoms with van der Waals surface area (Å²) in [6, 6.07) is 6.52. The van der Waals surface area contributed by atoms with E-state index in [1.165, 1.54) is 0 Å². The van der Waals surface area contributed by atoms with Crippen LogP contribution in [0.1, 0.15) is 42.1 Å². The van der Waals surface area contributed by atoms with Gasteiger partial charge in [-0.05, 0) is 37.0 Å².